The molecule has 2 aliphatic carbocycles. The summed E-state index contributed by atoms with van der Waals surface area (Å²) in [7, 11) is 3.25. The van der Waals surface area contributed by atoms with Crippen molar-refractivity contribution in [2.24, 2.45) is 0 Å². The molecule has 0 unspecified atom stereocenters. The summed E-state index contributed by atoms with van der Waals surface area (Å²) in [6.07, 6.45) is 17.1. The van der Waals surface area contributed by atoms with Gasteiger partial charge in [0.25, 0.3) is 0 Å². The van der Waals surface area contributed by atoms with Crippen LogP contribution in [-0.4, -0.2) is 25.8 Å². The number of hydrogen-bond donors (Lipinski definition) is 2. The van der Waals surface area contributed by atoms with Crippen LogP contribution in [-0.2, 0) is 26.4 Å². The number of nitrogens with one attached hydrogen (secondary N) is 2. The smallest absolute Gasteiger partial charge is 0.187 e. The van der Waals surface area contributed by atoms with E-state index in [-0.39, 0.29) is 28.3 Å². The number of ether oxygens (including phenoxy) is 2. The fraction of sp³-hybridized carbons (Fsp3) is 0.133. The van der Waals surface area contributed by atoms with Gasteiger partial charge in [0.05, 0.1) is 26.3 Å². The van der Waals surface area contributed by atoms with E-state index in [0.717, 1.165) is 11.1 Å². The molecule has 191 valence electrons. The largest absolute Gasteiger partial charge is 0.496 e. The third-order valence-electron chi connectivity index (χ3n) is 5.96. The van der Waals surface area contributed by atoms with Gasteiger partial charge in [-0.3, -0.25) is 9.59 Å². The number of ketones is 2. The molecule has 4 rings (SSSR count). The Kier molecular flexibility index (Phi) is 9.89. The molecule has 2 aromatic rings. The van der Waals surface area contributed by atoms with E-state index in [2.05, 4.69) is 10.6 Å². The van der Waals surface area contributed by atoms with Crippen LogP contribution in [0.5, 0.6) is 11.5 Å². The van der Waals surface area contributed by atoms with Crippen LogP contribution >= 0.6 is 0 Å². The monoisotopic (exact) mass is 539 g/mol. The van der Waals surface area contributed by atoms with Crippen molar-refractivity contribution in [2.45, 2.75) is 12.1 Å². The van der Waals surface area contributed by atoms with E-state index in [1.165, 1.54) is 12.2 Å². The number of methoxy groups -OCH3 is 2. The molecule has 0 heterocycles. The van der Waals surface area contributed by atoms with Crippen LogP contribution in [0.3, 0.4) is 0 Å². The van der Waals surface area contributed by atoms with Crippen molar-refractivity contribution in [1.82, 2.24) is 10.6 Å². The third kappa shape index (κ3) is 6.58. The van der Waals surface area contributed by atoms with E-state index in [1.807, 2.05) is 60.7 Å². The molecule has 0 saturated carbocycles. The molecule has 0 fully saturated rings. The first-order chi connectivity index (χ1) is 17.6. The van der Waals surface area contributed by atoms with Gasteiger partial charge >= 0.3 is 0 Å². The van der Waals surface area contributed by atoms with Gasteiger partial charge in [0, 0.05) is 51.5 Å². The second-order valence-electron chi connectivity index (χ2n) is 8.14. The molecule has 0 bridgehead atoms. The molecule has 1 radical (unpaired) electrons. The van der Waals surface area contributed by atoms with E-state index in [9.17, 15) is 9.59 Å². The fourth-order valence-electron chi connectivity index (χ4n) is 4.14. The Morgan fingerprint density at radius 1 is 0.622 bits per heavy atom. The first-order valence-corrected chi connectivity index (χ1v) is 11.6. The van der Waals surface area contributed by atoms with Gasteiger partial charge in [0.1, 0.15) is 11.5 Å². The summed E-state index contributed by atoms with van der Waals surface area (Å²) in [5, 5.41) is 6.89. The normalized spacial score (nSPS) is 17.9. The Bertz CT molecular complexity index is 1220. The maximum atomic E-state index is 12.4. The van der Waals surface area contributed by atoms with Crippen molar-refractivity contribution in [3.8, 4) is 11.5 Å². The number of benzene rings is 2. The number of rotatable bonds is 9. The van der Waals surface area contributed by atoms with Gasteiger partial charge in [-0.15, -0.1) is 0 Å². The third-order valence-corrected chi connectivity index (χ3v) is 5.96. The predicted molar refractivity (Wildman–Crippen MR) is 140 cm³/mol. The molecule has 0 saturated heterocycles. The minimum atomic E-state index is -0.410. The second kappa shape index (κ2) is 13.3. The van der Waals surface area contributed by atoms with Gasteiger partial charge in [0.2, 0.25) is 0 Å². The van der Waals surface area contributed by atoms with E-state index in [0.29, 0.717) is 22.6 Å². The Labute approximate surface area is 227 Å². The summed E-state index contributed by atoms with van der Waals surface area (Å²) in [6, 6.07) is 14.6. The molecule has 0 amide bonds. The molecule has 7 heteroatoms. The van der Waals surface area contributed by atoms with Crippen LogP contribution in [0.1, 0.15) is 23.2 Å². The summed E-state index contributed by atoms with van der Waals surface area (Å²) in [4.78, 5) is 24.8. The van der Waals surface area contributed by atoms with Crippen molar-refractivity contribution in [2.75, 3.05) is 14.2 Å². The van der Waals surface area contributed by atoms with Crippen LogP contribution in [0.2, 0.25) is 0 Å². The molecule has 2 atom stereocenters. The summed E-state index contributed by atoms with van der Waals surface area (Å²) >= 11 is 0. The average molecular weight is 539 g/mol. The number of allylic oxidation sites excluding steroid dienone is 10. The maximum absolute atomic E-state index is 12.4. The standard InChI is InChI=1S/C30H28N2O4.Co/c1-35-27-17-9-5-13-23(27)29(31-19-21-11-3-7-15-25(21)33)30(24-14-6-10-18-28(24)36-2)32-20-22-12-4-8-16-26(22)34;/h3-20,29-32H,1-2H3;/b21-19-,22-20-;/t29-,30+;. The van der Waals surface area contributed by atoms with Gasteiger partial charge in [-0.1, -0.05) is 60.7 Å². The molecule has 6 nitrogen and oxygen atoms in total. The Balaban J connectivity index is 0.00000380. The second-order valence-corrected chi connectivity index (χ2v) is 8.14. The summed E-state index contributed by atoms with van der Waals surface area (Å²) in [6.45, 7) is 0. The Hall–Kier alpha value is -4.07. The molecule has 2 aliphatic rings. The van der Waals surface area contributed by atoms with Gasteiger partial charge in [-0.25, -0.2) is 0 Å². The van der Waals surface area contributed by atoms with Crippen LogP contribution < -0.4 is 20.1 Å². The number of carbonyl (C=O) groups excluding carboxylic acids is 2. The zero-order valence-corrected chi connectivity index (χ0v) is 21.6. The molecule has 0 aliphatic heterocycles. The SMILES string of the molecule is COc1ccccc1[C@@H](N/C=C1/C=CC=CC1=O)[C@@H](N/C=C1/C=CC=CC1=O)c1ccccc1OC.[Co]. The number of para-hydroxylation sites is 2. The topological polar surface area (TPSA) is 76.7 Å². The fourth-order valence-corrected chi connectivity index (χ4v) is 4.14. The van der Waals surface area contributed by atoms with E-state index < -0.39 is 12.1 Å². The van der Waals surface area contributed by atoms with Crippen molar-refractivity contribution in [1.29, 1.82) is 0 Å². The van der Waals surface area contributed by atoms with Crippen molar-refractivity contribution >= 4 is 11.6 Å². The van der Waals surface area contributed by atoms with Gasteiger partial charge in [0.15, 0.2) is 11.6 Å². The predicted octanol–water partition coefficient (Wildman–Crippen LogP) is 4.82. The van der Waals surface area contributed by atoms with Crippen molar-refractivity contribution < 1.29 is 35.8 Å². The van der Waals surface area contributed by atoms with E-state index in [4.69, 9.17) is 9.47 Å². The quantitative estimate of drug-likeness (QED) is 0.445. The summed E-state index contributed by atoms with van der Waals surface area (Å²) in [5.41, 5.74) is 2.80. The molecule has 0 aromatic heterocycles. The van der Waals surface area contributed by atoms with Gasteiger partial charge < -0.3 is 20.1 Å². The summed E-state index contributed by atoms with van der Waals surface area (Å²) in [5.74, 6) is 1.20. The first-order valence-electron chi connectivity index (χ1n) is 11.6. The van der Waals surface area contributed by atoms with Gasteiger partial charge in [-0.05, 0) is 36.4 Å². The van der Waals surface area contributed by atoms with E-state index in [1.54, 1.807) is 50.9 Å². The Morgan fingerprint density at radius 3 is 1.38 bits per heavy atom. The van der Waals surface area contributed by atoms with Crippen LogP contribution in [0.4, 0.5) is 0 Å². The number of carbonyl (C=O) groups is 2. The van der Waals surface area contributed by atoms with Crippen LogP contribution in [0.15, 0.2) is 121 Å². The van der Waals surface area contributed by atoms with Crippen LogP contribution in [0, 0.1) is 0 Å². The van der Waals surface area contributed by atoms with E-state index >= 15 is 0 Å². The molecule has 0 spiro atoms. The maximum Gasteiger partial charge on any atom is 0.187 e. The zero-order valence-electron chi connectivity index (χ0n) is 20.5. The molecule has 2 N–H and O–H groups in total. The van der Waals surface area contributed by atoms with Crippen molar-refractivity contribution in [3.63, 3.8) is 0 Å². The molecular weight excluding hydrogens is 511 g/mol. The molecular formula is C30H28CoN2O4. The van der Waals surface area contributed by atoms with Crippen LogP contribution in [0.25, 0.3) is 0 Å². The molecule has 37 heavy (non-hydrogen) atoms. The molecule has 2 aromatic carbocycles. The minimum Gasteiger partial charge on any atom is -0.496 e. The summed E-state index contributed by atoms with van der Waals surface area (Å²) < 4.78 is 11.4. The zero-order chi connectivity index (χ0) is 25.3. The van der Waals surface area contributed by atoms with Gasteiger partial charge in [-0.2, -0.15) is 0 Å². The first kappa shape index (κ1) is 27.5. The minimum absolute atomic E-state index is 0. The average Bonchev–Trinajstić information content (AvgIpc) is 2.92. The Morgan fingerprint density at radius 2 is 1.00 bits per heavy atom. The number of hydrogen-bond acceptors (Lipinski definition) is 6. The van der Waals surface area contributed by atoms with Crippen molar-refractivity contribution in [3.05, 3.63) is 132 Å².